The van der Waals surface area contributed by atoms with Crippen molar-refractivity contribution in [3.05, 3.63) is 5.82 Å². The molecular formula is C3H2F3N3S. The van der Waals surface area contributed by atoms with Crippen molar-refractivity contribution in [2.45, 2.75) is 6.18 Å². The molecule has 3 nitrogen and oxygen atoms in total. The van der Waals surface area contributed by atoms with Crippen molar-refractivity contribution in [1.29, 1.82) is 0 Å². The van der Waals surface area contributed by atoms with Crippen LogP contribution in [-0.2, 0) is 6.18 Å². The number of aromatic nitrogens is 2. The molecule has 7 heteroatoms. The molecule has 0 aliphatic carbocycles. The Balaban J connectivity index is 2.96. The van der Waals surface area contributed by atoms with E-state index < -0.39 is 12.0 Å². The molecule has 0 spiro atoms. The van der Waals surface area contributed by atoms with Gasteiger partial charge >= 0.3 is 6.18 Å². The third-order valence-electron chi connectivity index (χ3n) is 0.695. The second kappa shape index (κ2) is 2.08. The van der Waals surface area contributed by atoms with Gasteiger partial charge in [-0.25, -0.2) is 0 Å². The molecule has 1 aromatic rings. The van der Waals surface area contributed by atoms with Crippen LogP contribution >= 0.6 is 11.5 Å². The number of anilines is 1. The predicted octanol–water partition coefficient (Wildman–Crippen LogP) is 1.14. The average Bonchev–Trinajstić information content (AvgIpc) is 2.11. The van der Waals surface area contributed by atoms with Crippen LogP contribution < -0.4 is 5.73 Å². The highest BCUT2D eigenvalue weighted by Crippen LogP contribution is 2.27. The van der Waals surface area contributed by atoms with E-state index in [4.69, 9.17) is 5.73 Å². The third kappa shape index (κ3) is 1.35. The topological polar surface area (TPSA) is 51.8 Å². The molecule has 10 heavy (non-hydrogen) atoms. The lowest BCUT2D eigenvalue weighted by atomic mass is 10.6. The molecule has 0 saturated heterocycles. The monoisotopic (exact) mass is 169 g/mol. The smallest absolute Gasteiger partial charge is 0.374 e. The van der Waals surface area contributed by atoms with Crippen molar-refractivity contribution in [2.24, 2.45) is 0 Å². The molecule has 1 rings (SSSR count). The lowest BCUT2D eigenvalue weighted by Gasteiger charge is -1.96. The zero-order valence-electron chi connectivity index (χ0n) is 4.51. The summed E-state index contributed by atoms with van der Waals surface area (Å²) in [4.78, 5) is 2.94. The van der Waals surface area contributed by atoms with E-state index in [-0.39, 0.29) is 5.13 Å². The van der Waals surface area contributed by atoms with Crippen molar-refractivity contribution in [1.82, 2.24) is 9.36 Å². The molecule has 0 atom stereocenters. The summed E-state index contributed by atoms with van der Waals surface area (Å²) in [6, 6.07) is 0. The minimum atomic E-state index is -4.48. The van der Waals surface area contributed by atoms with E-state index in [9.17, 15) is 13.2 Å². The Morgan fingerprint density at radius 2 is 2.00 bits per heavy atom. The first-order valence-electron chi connectivity index (χ1n) is 2.16. The fourth-order valence-corrected chi connectivity index (χ4v) is 0.802. The lowest BCUT2D eigenvalue weighted by Crippen LogP contribution is -2.07. The van der Waals surface area contributed by atoms with Gasteiger partial charge in [-0.05, 0) is 0 Å². The van der Waals surface area contributed by atoms with Crippen LogP contribution in [0.5, 0.6) is 0 Å². The van der Waals surface area contributed by atoms with E-state index in [0.717, 1.165) is 0 Å². The second-order valence-electron chi connectivity index (χ2n) is 1.45. The zero-order valence-corrected chi connectivity index (χ0v) is 5.33. The van der Waals surface area contributed by atoms with Crippen molar-refractivity contribution in [3.8, 4) is 0 Å². The summed E-state index contributed by atoms with van der Waals surface area (Å²) in [5, 5.41) is -0.174. The molecule has 0 fully saturated rings. The van der Waals surface area contributed by atoms with Gasteiger partial charge in [-0.15, -0.1) is 0 Å². The Morgan fingerprint density at radius 1 is 1.40 bits per heavy atom. The number of nitrogen functional groups attached to an aromatic ring is 1. The maximum atomic E-state index is 11.6. The van der Waals surface area contributed by atoms with Crippen molar-refractivity contribution in [3.63, 3.8) is 0 Å². The van der Waals surface area contributed by atoms with E-state index in [1.807, 2.05) is 0 Å². The third-order valence-corrected chi connectivity index (χ3v) is 1.24. The first kappa shape index (κ1) is 7.26. The van der Waals surface area contributed by atoms with Crippen LogP contribution in [-0.4, -0.2) is 9.36 Å². The van der Waals surface area contributed by atoms with E-state index in [0.29, 0.717) is 11.5 Å². The van der Waals surface area contributed by atoms with Crippen LogP contribution in [0.1, 0.15) is 5.82 Å². The summed E-state index contributed by atoms with van der Waals surface area (Å²) in [6.07, 6.45) is -4.48. The summed E-state index contributed by atoms with van der Waals surface area (Å²) < 4.78 is 37.8. The molecule has 1 heterocycles. The van der Waals surface area contributed by atoms with Gasteiger partial charge in [-0.3, -0.25) is 0 Å². The summed E-state index contributed by atoms with van der Waals surface area (Å²) in [5.74, 6) is -1.17. The van der Waals surface area contributed by atoms with Gasteiger partial charge in [-0.1, -0.05) is 0 Å². The Kier molecular flexibility index (Phi) is 1.51. The van der Waals surface area contributed by atoms with Gasteiger partial charge in [0.1, 0.15) is 0 Å². The number of hydrogen-bond donors (Lipinski definition) is 1. The Morgan fingerprint density at radius 3 is 2.20 bits per heavy atom. The predicted molar refractivity (Wildman–Crippen MR) is 29.3 cm³/mol. The quantitative estimate of drug-likeness (QED) is 0.633. The molecule has 0 aliphatic heterocycles. The standard InChI is InChI=1S/C3H2F3N3S/c4-3(5,6)1-8-2(7)10-9-1/h(H2,7,8,9). The van der Waals surface area contributed by atoms with Gasteiger partial charge in [0, 0.05) is 11.5 Å². The van der Waals surface area contributed by atoms with Gasteiger partial charge in [0.25, 0.3) is 0 Å². The number of nitrogens with zero attached hydrogens (tertiary/aromatic N) is 2. The first-order valence-corrected chi connectivity index (χ1v) is 2.94. The van der Waals surface area contributed by atoms with Crippen LogP contribution in [0.3, 0.4) is 0 Å². The van der Waals surface area contributed by atoms with Gasteiger partial charge < -0.3 is 5.73 Å². The van der Waals surface area contributed by atoms with Crippen molar-refractivity contribution in [2.75, 3.05) is 5.73 Å². The largest absolute Gasteiger partial charge is 0.452 e. The lowest BCUT2D eigenvalue weighted by molar-refractivity contribution is -0.144. The molecule has 0 unspecified atom stereocenters. The zero-order chi connectivity index (χ0) is 7.78. The van der Waals surface area contributed by atoms with Crippen LogP contribution in [0.15, 0.2) is 0 Å². The molecular weight excluding hydrogens is 167 g/mol. The fourth-order valence-electron chi connectivity index (χ4n) is 0.350. The van der Waals surface area contributed by atoms with Crippen molar-refractivity contribution < 1.29 is 13.2 Å². The van der Waals surface area contributed by atoms with E-state index in [1.165, 1.54) is 0 Å². The fraction of sp³-hybridized carbons (Fsp3) is 0.333. The number of halogens is 3. The SMILES string of the molecule is Nc1nc(C(F)(F)F)ns1. The Bertz CT molecular complexity index is 229. The average molecular weight is 169 g/mol. The Hall–Kier alpha value is -0.850. The molecule has 0 saturated carbocycles. The van der Waals surface area contributed by atoms with Crippen LogP contribution in [0, 0.1) is 0 Å². The summed E-state index contributed by atoms with van der Waals surface area (Å²) >= 11 is 0.528. The van der Waals surface area contributed by atoms with Gasteiger partial charge in [0.15, 0.2) is 5.13 Å². The number of nitrogens with two attached hydrogens (primary N) is 1. The van der Waals surface area contributed by atoms with Gasteiger partial charge in [0.05, 0.1) is 0 Å². The van der Waals surface area contributed by atoms with Gasteiger partial charge in [-0.2, -0.15) is 22.5 Å². The molecule has 1 aromatic heterocycles. The van der Waals surface area contributed by atoms with E-state index in [2.05, 4.69) is 9.36 Å². The minimum Gasteiger partial charge on any atom is -0.374 e. The first-order chi connectivity index (χ1) is 4.50. The summed E-state index contributed by atoms with van der Waals surface area (Å²) in [5.41, 5.74) is 4.92. The molecule has 0 radical (unpaired) electrons. The van der Waals surface area contributed by atoms with Crippen LogP contribution in [0.25, 0.3) is 0 Å². The molecule has 2 N–H and O–H groups in total. The van der Waals surface area contributed by atoms with Crippen LogP contribution in [0.4, 0.5) is 18.3 Å². The summed E-state index contributed by atoms with van der Waals surface area (Å²) in [6.45, 7) is 0. The molecule has 0 bridgehead atoms. The normalized spacial score (nSPS) is 11.9. The molecule has 0 aliphatic rings. The second-order valence-corrected chi connectivity index (χ2v) is 2.24. The molecule has 0 amide bonds. The van der Waals surface area contributed by atoms with E-state index >= 15 is 0 Å². The number of rotatable bonds is 0. The minimum absolute atomic E-state index is 0.174. The maximum Gasteiger partial charge on any atom is 0.452 e. The van der Waals surface area contributed by atoms with Crippen LogP contribution in [0.2, 0.25) is 0 Å². The van der Waals surface area contributed by atoms with E-state index in [1.54, 1.807) is 0 Å². The molecule has 56 valence electrons. The maximum absolute atomic E-state index is 11.6. The Labute approximate surface area is 57.9 Å². The number of hydrogen-bond acceptors (Lipinski definition) is 4. The highest BCUT2D eigenvalue weighted by molar-refractivity contribution is 7.09. The van der Waals surface area contributed by atoms with Crippen molar-refractivity contribution >= 4 is 16.7 Å². The number of alkyl halides is 3. The molecule has 0 aromatic carbocycles. The highest BCUT2D eigenvalue weighted by Gasteiger charge is 2.35. The summed E-state index contributed by atoms with van der Waals surface area (Å²) in [7, 11) is 0. The van der Waals surface area contributed by atoms with Gasteiger partial charge in [0.2, 0.25) is 5.82 Å². The highest BCUT2D eigenvalue weighted by atomic mass is 32.1.